The predicted octanol–water partition coefficient (Wildman–Crippen LogP) is 19.6. The zero-order valence-corrected chi connectivity index (χ0v) is 45.3. The fourth-order valence-electron chi connectivity index (χ4n) is 8.25. The lowest BCUT2D eigenvalue weighted by Crippen LogP contribution is -2.45. The number of carbonyl (C=O) groups is 1. The van der Waals surface area contributed by atoms with E-state index in [4.69, 9.17) is 0 Å². The highest BCUT2D eigenvalue weighted by atomic mass is 16.3. The molecule has 0 aromatic rings. The van der Waals surface area contributed by atoms with Gasteiger partial charge in [-0.15, -0.1) is 0 Å². The molecule has 0 spiro atoms. The Balaban J connectivity index is 3.60. The van der Waals surface area contributed by atoms with Crippen molar-refractivity contribution in [3.8, 4) is 0 Å². The van der Waals surface area contributed by atoms with Crippen molar-refractivity contribution in [1.29, 1.82) is 0 Å². The molecule has 0 saturated carbocycles. The molecule has 3 N–H and O–H groups in total. The highest BCUT2D eigenvalue weighted by Gasteiger charge is 2.18. The number of aliphatic hydroxyl groups excluding tert-OH is 2. The molecular formula is C65H111NO3. The summed E-state index contributed by atoms with van der Waals surface area (Å²) < 4.78 is 0. The number of amides is 1. The zero-order chi connectivity index (χ0) is 49.9. The van der Waals surface area contributed by atoms with E-state index in [9.17, 15) is 15.0 Å². The van der Waals surface area contributed by atoms with Gasteiger partial charge in [-0.3, -0.25) is 4.79 Å². The summed E-state index contributed by atoms with van der Waals surface area (Å²) in [5.74, 6) is -0.0825. The molecule has 0 aliphatic heterocycles. The van der Waals surface area contributed by atoms with E-state index in [1.54, 1.807) is 6.08 Å². The van der Waals surface area contributed by atoms with Crippen LogP contribution in [0.2, 0.25) is 0 Å². The number of carbonyl (C=O) groups excluding carboxylic acids is 1. The average molecular weight is 955 g/mol. The molecule has 0 aromatic carbocycles. The maximum atomic E-state index is 12.5. The Labute approximate surface area is 428 Å². The van der Waals surface area contributed by atoms with E-state index in [2.05, 4.69) is 129 Å². The van der Waals surface area contributed by atoms with Crippen molar-refractivity contribution in [2.24, 2.45) is 0 Å². The number of rotatable bonds is 52. The lowest BCUT2D eigenvalue weighted by Gasteiger charge is -2.19. The molecule has 0 rings (SSSR count). The molecule has 0 aliphatic carbocycles. The first-order chi connectivity index (χ1) is 34.2. The minimum absolute atomic E-state index is 0.0825. The number of unbranched alkanes of at least 4 members (excludes halogenated alkanes) is 27. The maximum Gasteiger partial charge on any atom is 0.220 e. The Morgan fingerprint density at radius 1 is 0.362 bits per heavy atom. The third kappa shape index (κ3) is 55.6. The molecule has 394 valence electrons. The maximum absolute atomic E-state index is 12.5. The van der Waals surface area contributed by atoms with Gasteiger partial charge in [0.25, 0.3) is 0 Å². The van der Waals surface area contributed by atoms with Crippen LogP contribution in [-0.2, 0) is 4.79 Å². The monoisotopic (exact) mass is 954 g/mol. The molecule has 69 heavy (non-hydrogen) atoms. The molecule has 0 aromatic heterocycles. The number of nitrogens with one attached hydrogen (secondary N) is 1. The second kappa shape index (κ2) is 59.1. The first-order valence-electron chi connectivity index (χ1n) is 29.2. The number of hydrogen-bond acceptors (Lipinski definition) is 3. The molecule has 4 nitrogen and oxygen atoms in total. The Morgan fingerprint density at radius 3 is 1.01 bits per heavy atom. The summed E-state index contributed by atoms with van der Waals surface area (Å²) in [6.45, 7) is 4.18. The summed E-state index contributed by atoms with van der Waals surface area (Å²) in [6.07, 6.45) is 90.8. The van der Waals surface area contributed by atoms with Gasteiger partial charge in [-0.25, -0.2) is 0 Å². The van der Waals surface area contributed by atoms with Crippen LogP contribution >= 0.6 is 0 Å². The SMILES string of the molecule is CC/C=C\C/C=C\C/C=C\C/C=C\C/C=C\C/C=C\C/C=C\CCCCCCCCCCCCCCCC(=O)NC(CO)C(O)/C=C/CC/C=C/CC/C=C/CCCCCCCCCCCCCC. The smallest absolute Gasteiger partial charge is 0.220 e. The Bertz CT molecular complexity index is 1360. The van der Waals surface area contributed by atoms with E-state index in [0.29, 0.717) is 6.42 Å². The highest BCUT2D eigenvalue weighted by Crippen LogP contribution is 2.15. The van der Waals surface area contributed by atoms with Crippen LogP contribution in [0.15, 0.2) is 122 Å². The normalized spacial score (nSPS) is 13.7. The van der Waals surface area contributed by atoms with Crippen LogP contribution in [0.25, 0.3) is 0 Å². The van der Waals surface area contributed by atoms with Crippen molar-refractivity contribution in [2.75, 3.05) is 6.61 Å². The zero-order valence-electron chi connectivity index (χ0n) is 45.3. The van der Waals surface area contributed by atoms with E-state index in [1.165, 1.54) is 161 Å². The minimum Gasteiger partial charge on any atom is -0.394 e. The predicted molar refractivity (Wildman–Crippen MR) is 308 cm³/mol. The van der Waals surface area contributed by atoms with E-state index in [0.717, 1.165) is 83.5 Å². The molecule has 0 fully saturated rings. The first kappa shape index (κ1) is 65.8. The summed E-state index contributed by atoms with van der Waals surface area (Å²) in [7, 11) is 0. The molecule has 0 bridgehead atoms. The molecule has 0 radical (unpaired) electrons. The minimum atomic E-state index is -0.879. The molecule has 0 heterocycles. The number of hydrogen-bond donors (Lipinski definition) is 3. The van der Waals surface area contributed by atoms with Crippen molar-refractivity contribution in [3.05, 3.63) is 122 Å². The van der Waals surface area contributed by atoms with Crippen LogP contribution in [0.5, 0.6) is 0 Å². The Hall–Kier alpha value is -3.21. The van der Waals surface area contributed by atoms with Crippen LogP contribution in [0.4, 0.5) is 0 Å². The molecule has 2 unspecified atom stereocenters. The molecular weight excluding hydrogens is 843 g/mol. The summed E-state index contributed by atoms with van der Waals surface area (Å²) in [5, 5.41) is 23.2. The van der Waals surface area contributed by atoms with E-state index < -0.39 is 12.1 Å². The molecule has 0 saturated heterocycles. The van der Waals surface area contributed by atoms with Crippen molar-refractivity contribution in [1.82, 2.24) is 5.32 Å². The van der Waals surface area contributed by atoms with Crippen LogP contribution in [0.1, 0.15) is 264 Å². The second-order valence-corrected chi connectivity index (χ2v) is 19.3. The van der Waals surface area contributed by atoms with Gasteiger partial charge in [-0.1, -0.05) is 277 Å². The van der Waals surface area contributed by atoms with Gasteiger partial charge in [0.1, 0.15) is 0 Å². The highest BCUT2D eigenvalue weighted by molar-refractivity contribution is 5.76. The van der Waals surface area contributed by atoms with Gasteiger partial charge >= 0.3 is 0 Å². The van der Waals surface area contributed by atoms with Gasteiger partial charge < -0.3 is 15.5 Å². The third-order valence-corrected chi connectivity index (χ3v) is 12.7. The molecule has 0 aliphatic rings. The van der Waals surface area contributed by atoms with Gasteiger partial charge in [0, 0.05) is 6.42 Å². The van der Waals surface area contributed by atoms with Gasteiger partial charge in [-0.05, 0) is 103 Å². The van der Waals surface area contributed by atoms with E-state index in [1.807, 2.05) is 6.08 Å². The lowest BCUT2D eigenvalue weighted by atomic mass is 10.0. The Kier molecular flexibility index (Phi) is 56.4. The summed E-state index contributed by atoms with van der Waals surface area (Å²) in [5.41, 5.74) is 0. The van der Waals surface area contributed by atoms with Gasteiger partial charge in [0.05, 0.1) is 18.8 Å². The second-order valence-electron chi connectivity index (χ2n) is 19.3. The molecule has 4 heteroatoms. The number of aliphatic hydroxyl groups is 2. The van der Waals surface area contributed by atoms with Crippen LogP contribution in [0.3, 0.4) is 0 Å². The van der Waals surface area contributed by atoms with Crippen molar-refractivity contribution in [3.63, 3.8) is 0 Å². The standard InChI is InChI=1S/C65H111NO3/c1-3-5-7-9-11-13-15-17-19-21-23-25-27-28-29-30-31-32-33-34-35-36-37-38-39-41-43-45-47-49-51-53-55-57-59-61-65(69)66-63(62-67)64(68)60-58-56-54-52-50-48-46-44-42-40-26-24-22-20-18-16-14-12-10-8-6-4-2/h5,7,11,13,17,19,23,25,28-29,31-32,34-35,42,44,50,52,58,60,63-64,67-68H,3-4,6,8-10,12,14-16,18,20-22,24,26-27,30,33,36-41,43,45-49,51,53-57,59,61-62H2,1-2H3,(H,66,69)/b7-5-,13-11-,19-17-,25-23-,29-28-,32-31-,35-34-,44-42+,52-50+,60-58+. The fraction of sp³-hybridized carbons (Fsp3) is 0.677. The van der Waals surface area contributed by atoms with Crippen molar-refractivity contribution < 1.29 is 15.0 Å². The van der Waals surface area contributed by atoms with Crippen LogP contribution in [0, 0.1) is 0 Å². The molecule has 2 atom stereocenters. The third-order valence-electron chi connectivity index (χ3n) is 12.7. The van der Waals surface area contributed by atoms with Crippen LogP contribution < -0.4 is 5.32 Å². The van der Waals surface area contributed by atoms with Gasteiger partial charge in [0.15, 0.2) is 0 Å². The van der Waals surface area contributed by atoms with Gasteiger partial charge in [-0.2, -0.15) is 0 Å². The van der Waals surface area contributed by atoms with Crippen molar-refractivity contribution >= 4 is 5.91 Å². The summed E-state index contributed by atoms with van der Waals surface area (Å²) >= 11 is 0. The summed E-state index contributed by atoms with van der Waals surface area (Å²) in [4.78, 5) is 12.5. The first-order valence-corrected chi connectivity index (χ1v) is 29.2. The van der Waals surface area contributed by atoms with Gasteiger partial charge in [0.2, 0.25) is 5.91 Å². The fourth-order valence-corrected chi connectivity index (χ4v) is 8.25. The lowest BCUT2D eigenvalue weighted by molar-refractivity contribution is -0.123. The van der Waals surface area contributed by atoms with Crippen LogP contribution in [-0.4, -0.2) is 34.9 Å². The van der Waals surface area contributed by atoms with Crippen molar-refractivity contribution in [2.45, 2.75) is 276 Å². The topological polar surface area (TPSA) is 69.6 Å². The average Bonchev–Trinajstić information content (AvgIpc) is 3.35. The number of allylic oxidation sites excluding steroid dienone is 19. The van der Waals surface area contributed by atoms with E-state index in [-0.39, 0.29) is 12.5 Å². The summed E-state index contributed by atoms with van der Waals surface area (Å²) in [6, 6.07) is -0.654. The Morgan fingerprint density at radius 2 is 0.652 bits per heavy atom. The largest absolute Gasteiger partial charge is 0.394 e. The van der Waals surface area contributed by atoms with E-state index >= 15 is 0 Å². The molecule has 1 amide bonds. The quantitative estimate of drug-likeness (QED) is 0.0420.